The molecular formula is C22H24ClN3O3. The van der Waals surface area contributed by atoms with Crippen LogP contribution in [0.1, 0.15) is 22.3 Å². The van der Waals surface area contributed by atoms with Crippen molar-refractivity contribution in [2.45, 2.75) is 19.9 Å². The first-order valence-corrected chi connectivity index (χ1v) is 10.1. The molecule has 152 valence electrons. The number of nitrogen functional groups attached to an aromatic ring is 1. The van der Waals surface area contributed by atoms with Gasteiger partial charge in [-0.05, 0) is 35.7 Å². The molecule has 1 aromatic heterocycles. The number of aromatic hydroxyl groups is 1. The lowest BCUT2D eigenvalue weighted by Gasteiger charge is -2.28. The summed E-state index contributed by atoms with van der Waals surface area (Å²) < 4.78 is 5.56. The number of phenols is 1. The number of benzene rings is 2. The Morgan fingerprint density at radius 3 is 2.76 bits per heavy atom. The van der Waals surface area contributed by atoms with Crippen molar-refractivity contribution in [1.29, 1.82) is 0 Å². The summed E-state index contributed by atoms with van der Waals surface area (Å²) >= 11 is 6.19. The first-order chi connectivity index (χ1) is 13.9. The fourth-order valence-corrected chi connectivity index (χ4v) is 4.01. The van der Waals surface area contributed by atoms with Gasteiger partial charge in [0.2, 0.25) is 0 Å². The van der Waals surface area contributed by atoms with Crippen LogP contribution in [0.15, 0.2) is 39.5 Å². The van der Waals surface area contributed by atoms with Crippen LogP contribution in [0.3, 0.4) is 0 Å². The molecule has 2 heterocycles. The third kappa shape index (κ3) is 3.96. The van der Waals surface area contributed by atoms with E-state index in [1.165, 1.54) is 6.07 Å². The zero-order chi connectivity index (χ0) is 20.5. The van der Waals surface area contributed by atoms with Crippen LogP contribution in [-0.2, 0) is 13.0 Å². The Labute approximate surface area is 173 Å². The average molecular weight is 414 g/mol. The zero-order valence-corrected chi connectivity index (χ0v) is 17.1. The van der Waals surface area contributed by atoms with Crippen LogP contribution in [0, 0.1) is 6.92 Å². The summed E-state index contributed by atoms with van der Waals surface area (Å²) in [6.07, 6.45) is 0.426. The lowest BCUT2D eigenvalue weighted by Crippen LogP contribution is -2.43. The maximum absolute atomic E-state index is 12.9. The van der Waals surface area contributed by atoms with Gasteiger partial charge in [-0.15, -0.1) is 0 Å². The van der Waals surface area contributed by atoms with Gasteiger partial charge in [0.05, 0.1) is 5.02 Å². The van der Waals surface area contributed by atoms with E-state index in [1.807, 2.05) is 25.1 Å². The van der Waals surface area contributed by atoms with E-state index in [0.717, 1.165) is 48.3 Å². The van der Waals surface area contributed by atoms with E-state index < -0.39 is 5.63 Å². The molecule has 3 aromatic rings. The molecule has 1 aliphatic heterocycles. The molecule has 0 radical (unpaired) electrons. The Kier molecular flexibility index (Phi) is 5.50. The Bertz CT molecular complexity index is 1120. The summed E-state index contributed by atoms with van der Waals surface area (Å²) in [4.78, 5) is 15.3. The van der Waals surface area contributed by atoms with Gasteiger partial charge in [-0.1, -0.05) is 23.7 Å². The van der Waals surface area contributed by atoms with Crippen LogP contribution in [-0.4, -0.2) is 36.2 Å². The van der Waals surface area contributed by atoms with Gasteiger partial charge < -0.3 is 20.6 Å². The van der Waals surface area contributed by atoms with E-state index in [0.29, 0.717) is 29.8 Å². The summed E-state index contributed by atoms with van der Waals surface area (Å²) in [5.74, 6) is -0.102. The summed E-state index contributed by atoms with van der Waals surface area (Å²) in [5, 5.41) is 14.3. The number of nitrogens with zero attached hydrogens (tertiary/aromatic N) is 1. The van der Waals surface area contributed by atoms with Crippen molar-refractivity contribution in [3.63, 3.8) is 0 Å². The molecule has 6 nitrogen and oxygen atoms in total. The first-order valence-electron chi connectivity index (χ1n) is 9.68. The highest BCUT2D eigenvalue weighted by Gasteiger charge is 2.21. The number of halogens is 1. The summed E-state index contributed by atoms with van der Waals surface area (Å²) in [6.45, 7) is 6.17. The lowest BCUT2D eigenvalue weighted by molar-refractivity contribution is 0.233. The Hall–Kier alpha value is -2.54. The van der Waals surface area contributed by atoms with Crippen LogP contribution in [0.5, 0.6) is 5.75 Å². The number of phenolic OH excluding ortho intramolecular Hbond substituents is 1. The summed E-state index contributed by atoms with van der Waals surface area (Å²) in [7, 11) is 0. The van der Waals surface area contributed by atoms with Gasteiger partial charge >= 0.3 is 5.63 Å². The highest BCUT2D eigenvalue weighted by molar-refractivity contribution is 6.32. The predicted octanol–water partition coefficient (Wildman–Crippen LogP) is 3.04. The fourth-order valence-electron chi connectivity index (χ4n) is 3.85. The number of rotatable bonds is 4. The largest absolute Gasteiger partial charge is 0.506 e. The molecule has 0 amide bonds. The second-order valence-electron chi connectivity index (χ2n) is 7.48. The zero-order valence-electron chi connectivity index (χ0n) is 16.3. The lowest BCUT2D eigenvalue weighted by atomic mass is 9.95. The van der Waals surface area contributed by atoms with E-state index in [2.05, 4.69) is 10.2 Å². The van der Waals surface area contributed by atoms with Crippen LogP contribution < -0.4 is 16.7 Å². The highest BCUT2D eigenvalue weighted by Crippen LogP contribution is 2.32. The molecule has 0 aliphatic carbocycles. The Morgan fingerprint density at radius 2 is 2.00 bits per heavy atom. The number of hydrogen-bond donors (Lipinski definition) is 3. The second-order valence-corrected chi connectivity index (χ2v) is 7.89. The summed E-state index contributed by atoms with van der Waals surface area (Å²) in [6, 6.07) is 8.82. The Morgan fingerprint density at radius 1 is 1.24 bits per heavy atom. The maximum Gasteiger partial charge on any atom is 0.340 e. The highest BCUT2D eigenvalue weighted by atomic mass is 35.5. The number of hydrogen-bond acceptors (Lipinski definition) is 6. The van der Waals surface area contributed by atoms with Crippen molar-refractivity contribution in [2.24, 2.45) is 0 Å². The van der Waals surface area contributed by atoms with Crippen LogP contribution in [0.25, 0.3) is 11.0 Å². The molecule has 0 unspecified atom stereocenters. The van der Waals surface area contributed by atoms with Crippen LogP contribution in [0.2, 0.25) is 5.02 Å². The van der Waals surface area contributed by atoms with Crippen LogP contribution in [0.4, 0.5) is 5.69 Å². The number of piperazine rings is 1. The standard InChI is InChI=1S/C22H24ClN3O3/c1-13-14(3-2-4-19(13)24)9-16-17(12-26-7-5-25-6-8-26)15-10-18(23)20(27)11-21(15)29-22(16)28/h2-4,10-11,25,27H,5-9,12,24H2,1H3. The molecule has 7 heteroatoms. The van der Waals surface area contributed by atoms with Gasteiger partial charge in [0, 0.05) is 61.8 Å². The van der Waals surface area contributed by atoms with E-state index >= 15 is 0 Å². The SMILES string of the molecule is Cc1c(N)cccc1Cc1c(CN2CCNCC2)c2cc(Cl)c(O)cc2oc1=O. The molecule has 29 heavy (non-hydrogen) atoms. The molecule has 0 saturated carbocycles. The van der Waals surface area contributed by atoms with E-state index in [-0.39, 0.29) is 10.8 Å². The predicted molar refractivity (Wildman–Crippen MR) is 116 cm³/mol. The third-order valence-electron chi connectivity index (χ3n) is 5.63. The summed E-state index contributed by atoms with van der Waals surface area (Å²) in [5.41, 5.74) is 10.2. The van der Waals surface area contributed by atoms with Crippen molar-refractivity contribution in [2.75, 3.05) is 31.9 Å². The number of nitrogens with one attached hydrogen (secondary N) is 1. The minimum Gasteiger partial charge on any atom is -0.506 e. The van der Waals surface area contributed by atoms with Gasteiger partial charge in [-0.3, -0.25) is 4.90 Å². The van der Waals surface area contributed by atoms with Gasteiger partial charge in [-0.25, -0.2) is 4.79 Å². The van der Waals surface area contributed by atoms with Gasteiger partial charge in [0.25, 0.3) is 0 Å². The van der Waals surface area contributed by atoms with Crippen LogP contribution >= 0.6 is 11.6 Å². The van der Waals surface area contributed by atoms with Crippen molar-refractivity contribution < 1.29 is 9.52 Å². The van der Waals surface area contributed by atoms with Crippen molar-refractivity contribution in [3.05, 3.63) is 68.0 Å². The minimum absolute atomic E-state index is 0.102. The van der Waals surface area contributed by atoms with E-state index in [4.69, 9.17) is 21.8 Å². The average Bonchev–Trinajstić information content (AvgIpc) is 2.70. The molecule has 4 rings (SSSR count). The quantitative estimate of drug-likeness (QED) is 0.450. The van der Waals surface area contributed by atoms with Crippen molar-refractivity contribution in [3.8, 4) is 5.75 Å². The topological polar surface area (TPSA) is 91.7 Å². The number of nitrogens with two attached hydrogens (primary N) is 1. The smallest absolute Gasteiger partial charge is 0.340 e. The first kappa shape index (κ1) is 19.8. The van der Waals surface area contributed by atoms with Gasteiger partial charge in [0.15, 0.2) is 0 Å². The molecule has 0 atom stereocenters. The van der Waals surface area contributed by atoms with Gasteiger partial charge in [0.1, 0.15) is 11.3 Å². The van der Waals surface area contributed by atoms with E-state index in [1.54, 1.807) is 6.07 Å². The molecule has 1 fully saturated rings. The minimum atomic E-state index is -0.397. The van der Waals surface area contributed by atoms with Crippen molar-refractivity contribution in [1.82, 2.24) is 10.2 Å². The van der Waals surface area contributed by atoms with Gasteiger partial charge in [-0.2, -0.15) is 0 Å². The molecule has 1 aliphatic rings. The second kappa shape index (κ2) is 8.06. The third-order valence-corrected chi connectivity index (χ3v) is 5.94. The molecule has 2 aromatic carbocycles. The normalized spacial score (nSPS) is 15.1. The molecule has 4 N–H and O–H groups in total. The molecular weight excluding hydrogens is 390 g/mol. The van der Waals surface area contributed by atoms with Crippen molar-refractivity contribution >= 4 is 28.3 Å². The molecule has 1 saturated heterocycles. The Balaban J connectivity index is 1.88. The molecule has 0 bridgehead atoms. The number of fused-ring (bicyclic) bond motifs is 1. The van der Waals surface area contributed by atoms with E-state index in [9.17, 15) is 9.90 Å². The molecule has 0 spiro atoms. The monoisotopic (exact) mass is 413 g/mol. The maximum atomic E-state index is 12.9. The fraction of sp³-hybridized carbons (Fsp3) is 0.318. The number of anilines is 1.